The molecule has 21 heavy (non-hydrogen) atoms. The summed E-state index contributed by atoms with van der Waals surface area (Å²) in [6.45, 7) is 3.12. The zero-order valence-electron chi connectivity index (χ0n) is 12.9. The summed E-state index contributed by atoms with van der Waals surface area (Å²) < 4.78 is 5.22. The molecule has 2 rings (SSSR count). The third kappa shape index (κ3) is 4.26. The average molecular weight is 301 g/mol. The fraction of sp³-hybridized carbons (Fsp3) is 0.333. The van der Waals surface area contributed by atoms with E-state index in [1.807, 2.05) is 12.1 Å². The number of methoxy groups -OCH3 is 1. The van der Waals surface area contributed by atoms with E-state index in [9.17, 15) is 0 Å². The fourth-order valence-corrected chi connectivity index (χ4v) is 3.15. The second-order valence-electron chi connectivity index (χ2n) is 4.90. The molecule has 0 bridgehead atoms. The van der Waals surface area contributed by atoms with E-state index in [1.54, 1.807) is 18.9 Å². The van der Waals surface area contributed by atoms with Gasteiger partial charge >= 0.3 is 0 Å². The van der Waals surface area contributed by atoms with Crippen LogP contribution in [0.1, 0.15) is 24.1 Å². The lowest BCUT2D eigenvalue weighted by atomic mass is 9.98. The van der Waals surface area contributed by atoms with Crippen LogP contribution in [0.15, 0.2) is 53.4 Å². The lowest BCUT2D eigenvalue weighted by Crippen LogP contribution is -2.23. The molecule has 0 aliphatic carbocycles. The van der Waals surface area contributed by atoms with Crippen molar-refractivity contribution in [1.29, 1.82) is 0 Å². The predicted molar refractivity (Wildman–Crippen MR) is 91.3 cm³/mol. The molecule has 0 aliphatic rings. The molecule has 2 aromatic carbocycles. The average Bonchev–Trinajstić information content (AvgIpc) is 2.55. The molecule has 1 unspecified atom stereocenters. The highest BCUT2D eigenvalue weighted by Crippen LogP contribution is 2.28. The molecule has 0 saturated carbocycles. The minimum absolute atomic E-state index is 0.340. The number of ether oxygens (including phenoxy) is 1. The second-order valence-corrected chi connectivity index (χ2v) is 5.75. The van der Waals surface area contributed by atoms with Crippen LogP contribution in [0.5, 0.6) is 5.75 Å². The van der Waals surface area contributed by atoms with Gasteiger partial charge < -0.3 is 10.1 Å². The number of likely N-dealkylation sites (N-methyl/N-ethyl adjacent to an activating group) is 1. The molecule has 0 heterocycles. The third-order valence-corrected chi connectivity index (χ3v) is 4.38. The van der Waals surface area contributed by atoms with Crippen LogP contribution in [-0.2, 0) is 6.42 Å². The Bertz CT molecular complexity index is 553. The number of hydrogen-bond acceptors (Lipinski definition) is 3. The molecule has 0 fully saturated rings. The fourth-order valence-electron chi connectivity index (χ4n) is 2.49. The van der Waals surface area contributed by atoms with Gasteiger partial charge in [-0.3, -0.25) is 0 Å². The quantitative estimate of drug-likeness (QED) is 0.770. The van der Waals surface area contributed by atoms with Crippen LogP contribution in [-0.4, -0.2) is 19.9 Å². The molecule has 0 amide bonds. The van der Waals surface area contributed by atoms with E-state index in [0.29, 0.717) is 6.04 Å². The van der Waals surface area contributed by atoms with E-state index in [0.717, 1.165) is 18.7 Å². The molecule has 0 aliphatic heterocycles. The maximum atomic E-state index is 5.22. The highest BCUT2D eigenvalue weighted by molar-refractivity contribution is 7.98. The van der Waals surface area contributed by atoms with Gasteiger partial charge in [-0.05, 0) is 48.5 Å². The van der Waals surface area contributed by atoms with Crippen LogP contribution >= 0.6 is 11.8 Å². The van der Waals surface area contributed by atoms with E-state index >= 15 is 0 Å². The van der Waals surface area contributed by atoms with Crippen molar-refractivity contribution in [3.05, 3.63) is 59.7 Å². The number of rotatable bonds is 7. The largest absolute Gasteiger partial charge is 0.497 e. The van der Waals surface area contributed by atoms with E-state index in [-0.39, 0.29) is 0 Å². The Hall–Kier alpha value is -1.45. The van der Waals surface area contributed by atoms with Gasteiger partial charge in [-0.2, -0.15) is 0 Å². The number of benzene rings is 2. The maximum absolute atomic E-state index is 5.22. The van der Waals surface area contributed by atoms with Crippen LogP contribution in [0.3, 0.4) is 0 Å². The van der Waals surface area contributed by atoms with Crippen molar-refractivity contribution >= 4 is 11.8 Å². The van der Waals surface area contributed by atoms with Crippen molar-refractivity contribution in [2.45, 2.75) is 24.3 Å². The van der Waals surface area contributed by atoms with E-state index < -0.39 is 0 Å². The highest BCUT2D eigenvalue weighted by Gasteiger charge is 2.14. The van der Waals surface area contributed by atoms with Gasteiger partial charge in [0.15, 0.2) is 0 Å². The Balaban J connectivity index is 2.21. The number of thioether (sulfide) groups is 1. The first-order valence-corrected chi connectivity index (χ1v) is 8.50. The first kappa shape index (κ1) is 15.9. The standard InChI is InChI=1S/C18H23NOS/c1-4-19-17(16-7-5-6-8-18(16)21-3)13-14-9-11-15(20-2)12-10-14/h5-12,17,19H,4,13H2,1-3H3. The van der Waals surface area contributed by atoms with Crippen LogP contribution in [0.4, 0.5) is 0 Å². The van der Waals surface area contributed by atoms with Crippen LogP contribution in [0.25, 0.3) is 0 Å². The van der Waals surface area contributed by atoms with Crippen molar-refractivity contribution < 1.29 is 4.74 Å². The molecule has 0 saturated heterocycles. The summed E-state index contributed by atoms with van der Waals surface area (Å²) in [6.07, 6.45) is 3.12. The van der Waals surface area contributed by atoms with E-state index in [2.05, 4.69) is 54.9 Å². The van der Waals surface area contributed by atoms with Gasteiger partial charge in [0.05, 0.1) is 7.11 Å². The molecule has 1 atom stereocenters. The van der Waals surface area contributed by atoms with Gasteiger partial charge in [-0.1, -0.05) is 37.3 Å². The number of nitrogens with one attached hydrogen (secondary N) is 1. The van der Waals surface area contributed by atoms with Crippen molar-refractivity contribution in [2.24, 2.45) is 0 Å². The highest BCUT2D eigenvalue weighted by atomic mass is 32.2. The molecule has 0 spiro atoms. The molecule has 1 N–H and O–H groups in total. The Morgan fingerprint density at radius 3 is 2.43 bits per heavy atom. The zero-order valence-corrected chi connectivity index (χ0v) is 13.7. The van der Waals surface area contributed by atoms with Crippen molar-refractivity contribution in [2.75, 3.05) is 19.9 Å². The summed E-state index contributed by atoms with van der Waals surface area (Å²) in [5, 5.41) is 3.61. The molecule has 2 aromatic rings. The van der Waals surface area contributed by atoms with Crippen molar-refractivity contribution in [3.8, 4) is 5.75 Å². The Morgan fingerprint density at radius 1 is 1.10 bits per heavy atom. The molecule has 2 nitrogen and oxygen atoms in total. The smallest absolute Gasteiger partial charge is 0.118 e. The lowest BCUT2D eigenvalue weighted by Gasteiger charge is -2.21. The van der Waals surface area contributed by atoms with Gasteiger partial charge in [0.25, 0.3) is 0 Å². The topological polar surface area (TPSA) is 21.3 Å². The Labute approximate surface area is 131 Å². The van der Waals surface area contributed by atoms with Crippen LogP contribution < -0.4 is 10.1 Å². The summed E-state index contributed by atoms with van der Waals surface area (Å²) in [6, 6.07) is 17.3. The van der Waals surface area contributed by atoms with Crippen LogP contribution in [0.2, 0.25) is 0 Å². The summed E-state index contributed by atoms with van der Waals surface area (Å²) in [5.41, 5.74) is 2.69. The summed E-state index contributed by atoms with van der Waals surface area (Å²) >= 11 is 1.81. The molecular formula is C18H23NOS. The molecule has 0 aromatic heterocycles. The lowest BCUT2D eigenvalue weighted by molar-refractivity contribution is 0.414. The third-order valence-electron chi connectivity index (χ3n) is 3.56. The predicted octanol–water partition coefficient (Wildman–Crippen LogP) is 4.31. The summed E-state index contributed by atoms with van der Waals surface area (Å²) in [4.78, 5) is 1.34. The van der Waals surface area contributed by atoms with Gasteiger partial charge in [-0.25, -0.2) is 0 Å². The minimum atomic E-state index is 0.340. The SMILES string of the molecule is CCNC(Cc1ccc(OC)cc1)c1ccccc1SC. The van der Waals surface area contributed by atoms with Crippen LogP contribution in [0, 0.1) is 0 Å². The molecule has 112 valence electrons. The van der Waals surface area contributed by atoms with Crippen molar-refractivity contribution in [1.82, 2.24) is 5.32 Å². The summed E-state index contributed by atoms with van der Waals surface area (Å²) in [5.74, 6) is 0.906. The minimum Gasteiger partial charge on any atom is -0.497 e. The first-order valence-electron chi connectivity index (χ1n) is 7.27. The maximum Gasteiger partial charge on any atom is 0.118 e. The normalized spacial score (nSPS) is 12.1. The second kappa shape index (κ2) is 8.11. The number of hydrogen-bond donors (Lipinski definition) is 1. The molecule has 0 radical (unpaired) electrons. The van der Waals surface area contributed by atoms with E-state index in [4.69, 9.17) is 4.74 Å². The van der Waals surface area contributed by atoms with Gasteiger partial charge in [0.1, 0.15) is 5.75 Å². The molecule has 3 heteroatoms. The van der Waals surface area contributed by atoms with Crippen molar-refractivity contribution in [3.63, 3.8) is 0 Å². The van der Waals surface area contributed by atoms with Gasteiger partial charge in [-0.15, -0.1) is 11.8 Å². The first-order chi connectivity index (χ1) is 10.3. The molecular weight excluding hydrogens is 278 g/mol. The Morgan fingerprint density at radius 2 is 1.81 bits per heavy atom. The van der Waals surface area contributed by atoms with Gasteiger partial charge in [0.2, 0.25) is 0 Å². The Kier molecular flexibility index (Phi) is 6.15. The monoisotopic (exact) mass is 301 g/mol. The van der Waals surface area contributed by atoms with E-state index in [1.165, 1.54) is 16.0 Å². The zero-order chi connectivity index (χ0) is 15.1. The summed E-state index contributed by atoms with van der Waals surface area (Å²) in [7, 11) is 1.70. The van der Waals surface area contributed by atoms with Gasteiger partial charge in [0, 0.05) is 10.9 Å².